The van der Waals surface area contributed by atoms with E-state index in [-0.39, 0.29) is 29.6 Å². The molecule has 0 amide bonds. The molecule has 0 bridgehead atoms. The van der Waals surface area contributed by atoms with Crippen molar-refractivity contribution in [2.75, 3.05) is 6.61 Å². The van der Waals surface area contributed by atoms with Crippen molar-refractivity contribution in [1.29, 1.82) is 0 Å². The van der Waals surface area contributed by atoms with Crippen molar-refractivity contribution in [1.82, 2.24) is 20.2 Å². The van der Waals surface area contributed by atoms with Crippen LogP contribution in [0.3, 0.4) is 0 Å². The van der Waals surface area contributed by atoms with Gasteiger partial charge in [-0.15, -0.1) is 5.10 Å². The highest BCUT2D eigenvalue weighted by Crippen LogP contribution is 2.43. The first-order valence-electron chi connectivity index (χ1n) is 10.2. The fraction of sp³-hybridized carbons (Fsp3) is 0.409. The van der Waals surface area contributed by atoms with E-state index in [9.17, 15) is 9.59 Å². The molecular weight excluding hydrogens is 384 g/mol. The number of ether oxygens (including phenoxy) is 1. The lowest BCUT2D eigenvalue weighted by Gasteiger charge is -2.13. The summed E-state index contributed by atoms with van der Waals surface area (Å²) >= 11 is 0. The molecule has 156 valence electrons. The second kappa shape index (κ2) is 8.22. The first-order chi connectivity index (χ1) is 14.5. The highest BCUT2D eigenvalue weighted by molar-refractivity contribution is 6.15. The highest BCUT2D eigenvalue weighted by atomic mass is 16.5. The van der Waals surface area contributed by atoms with Crippen LogP contribution in [0.1, 0.15) is 77.3 Å². The quantitative estimate of drug-likeness (QED) is 0.413. The highest BCUT2D eigenvalue weighted by Gasteiger charge is 2.38. The van der Waals surface area contributed by atoms with Crippen molar-refractivity contribution in [3.05, 3.63) is 58.7 Å². The number of hydrogen-bond acceptors (Lipinski definition) is 7. The topological polar surface area (TPSA) is 100 Å². The van der Waals surface area contributed by atoms with E-state index in [4.69, 9.17) is 9.26 Å². The van der Waals surface area contributed by atoms with Crippen molar-refractivity contribution < 1.29 is 18.8 Å². The normalized spacial score (nSPS) is 13.6. The van der Waals surface area contributed by atoms with Gasteiger partial charge in [0.25, 0.3) is 0 Å². The third kappa shape index (κ3) is 3.90. The zero-order valence-electron chi connectivity index (χ0n) is 17.3. The van der Waals surface area contributed by atoms with Crippen molar-refractivity contribution >= 4 is 11.8 Å². The molecule has 0 aliphatic heterocycles. The molecule has 8 heteroatoms. The first-order valence-corrected chi connectivity index (χ1v) is 10.2. The van der Waals surface area contributed by atoms with Gasteiger partial charge in [0.15, 0.2) is 11.5 Å². The number of carbonyl (C=O) groups excluding carboxylic acids is 2. The summed E-state index contributed by atoms with van der Waals surface area (Å²) in [6.07, 6.45) is 5.89. The lowest BCUT2D eigenvalue weighted by molar-refractivity contribution is 0.0512. The molecule has 0 N–H and O–H groups in total. The summed E-state index contributed by atoms with van der Waals surface area (Å²) in [6, 6.07) is 5.53. The van der Waals surface area contributed by atoms with Crippen molar-refractivity contribution in [2.45, 2.75) is 46.0 Å². The molecule has 3 aromatic rings. The van der Waals surface area contributed by atoms with E-state index in [0.717, 1.165) is 24.1 Å². The molecule has 4 rings (SSSR count). The molecule has 1 aliphatic carbocycles. The summed E-state index contributed by atoms with van der Waals surface area (Å²) in [5, 5.41) is 11.8. The van der Waals surface area contributed by atoms with Crippen LogP contribution in [0.5, 0.6) is 0 Å². The lowest BCUT2D eigenvalue weighted by atomic mass is 9.91. The molecule has 0 spiro atoms. The van der Waals surface area contributed by atoms with Gasteiger partial charge in [-0.05, 0) is 55.9 Å². The Morgan fingerprint density at radius 2 is 2.10 bits per heavy atom. The third-order valence-electron chi connectivity index (χ3n) is 5.01. The Bertz CT molecular complexity index is 1070. The maximum atomic E-state index is 13.6. The van der Waals surface area contributed by atoms with Gasteiger partial charge in [0.05, 0.1) is 24.7 Å². The van der Waals surface area contributed by atoms with Gasteiger partial charge in [-0.1, -0.05) is 24.2 Å². The van der Waals surface area contributed by atoms with Crippen LogP contribution in [-0.2, 0) is 11.2 Å². The van der Waals surface area contributed by atoms with Crippen LogP contribution in [0.15, 0.2) is 35.1 Å². The summed E-state index contributed by atoms with van der Waals surface area (Å²) in [6.45, 7) is 6.10. The average molecular weight is 408 g/mol. The summed E-state index contributed by atoms with van der Waals surface area (Å²) in [4.78, 5) is 26.1. The van der Waals surface area contributed by atoms with E-state index >= 15 is 0 Å². The van der Waals surface area contributed by atoms with Gasteiger partial charge in [-0.25, -0.2) is 9.48 Å². The summed E-state index contributed by atoms with van der Waals surface area (Å²) in [5.74, 6) is 0.0436. The Morgan fingerprint density at radius 1 is 1.30 bits per heavy atom. The molecule has 0 unspecified atom stereocenters. The molecule has 1 aromatic carbocycles. The molecule has 8 nitrogen and oxygen atoms in total. The van der Waals surface area contributed by atoms with Crippen LogP contribution in [0.4, 0.5) is 0 Å². The number of nitrogens with zero attached hydrogens (tertiary/aromatic N) is 4. The number of benzene rings is 1. The smallest absolute Gasteiger partial charge is 0.361 e. The summed E-state index contributed by atoms with van der Waals surface area (Å²) < 4.78 is 12.2. The van der Waals surface area contributed by atoms with E-state index in [1.807, 2.05) is 12.1 Å². The number of rotatable bonds is 8. The summed E-state index contributed by atoms with van der Waals surface area (Å²) in [5.41, 5.74) is 2.41. The minimum atomic E-state index is -0.638. The second-order valence-electron chi connectivity index (χ2n) is 7.88. The third-order valence-corrected chi connectivity index (χ3v) is 5.01. The van der Waals surface area contributed by atoms with E-state index in [0.29, 0.717) is 23.7 Å². The van der Waals surface area contributed by atoms with E-state index in [1.165, 1.54) is 0 Å². The van der Waals surface area contributed by atoms with E-state index in [1.54, 1.807) is 30.1 Å². The molecule has 2 aromatic heterocycles. The Kier molecular flexibility index (Phi) is 5.48. The molecule has 1 fully saturated rings. The molecule has 2 heterocycles. The number of carbonyl (C=O) groups is 2. The van der Waals surface area contributed by atoms with Crippen LogP contribution in [0, 0.1) is 5.92 Å². The minimum absolute atomic E-state index is 0.0420. The zero-order valence-corrected chi connectivity index (χ0v) is 17.3. The number of aromatic nitrogens is 4. The van der Waals surface area contributed by atoms with Crippen LogP contribution < -0.4 is 0 Å². The molecule has 0 radical (unpaired) electrons. The minimum Gasteiger partial charge on any atom is -0.461 e. The SMILES string of the molecule is CCOC(=O)c1noc(C2CC2)c1C(=O)c1ccc(-n2ccnn2)cc1CC(C)C. The largest absolute Gasteiger partial charge is 0.461 e. The number of hydrogen-bond donors (Lipinski definition) is 0. The number of ketones is 1. The van der Waals surface area contributed by atoms with Crippen molar-refractivity contribution in [3.63, 3.8) is 0 Å². The zero-order chi connectivity index (χ0) is 21.3. The van der Waals surface area contributed by atoms with Gasteiger partial charge in [0, 0.05) is 11.5 Å². The van der Waals surface area contributed by atoms with Gasteiger partial charge in [-0.3, -0.25) is 4.79 Å². The van der Waals surface area contributed by atoms with Gasteiger partial charge in [0.1, 0.15) is 5.56 Å². The predicted molar refractivity (Wildman–Crippen MR) is 108 cm³/mol. The molecule has 30 heavy (non-hydrogen) atoms. The fourth-order valence-electron chi connectivity index (χ4n) is 3.52. The van der Waals surface area contributed by atoms with Gasteiger partial charge < -0.3 is 9.26 Å². The van der Waals surface area contributed by atoms with Crippen LogP contribution >= 0.6 is 0 Å². The standard InChI is InChI=1S/C22H24N4O4/c1-4-29-22(28)19-18(21(30-24-19)14-5-6-14)20(27)17-8-7-16(26-10-9-23-25-26)12-15(17)11-13(2)3/h7-10,12-14H,4-6,11H2,1-3H3. The number of esters is 1. The Balaban J connectivity index is 1.79. The second-order valence-corrected chi connectivity index (χ2v) is 7.88. The van der Waals surface area contributed by atoms with Crippen molar-refractivity contribution in [3.8, 4) is 5.69 Å². The van der Waals surface area contributed by atoms with Crippen LogP contribution in [-0.4, -0.2) is 38.5 Å². The van der Waals surface area contributed by atoms with Crippen molar-refractivity contribution in [2.24, 2.45) is 5.92 Å². The summed E-state index contributed by atoms with van der Waals surface area (Å²) in [7, 11) is 0. The maximum absolute atomic E-state index is 13.6. The Hall–Kier alpha value is -3.29. The molecule has 1 saturated carbocycles. The monoisotopic (exact) mass is 408 g/mol. The van der Waals surface area contributed by atoms with E-state index in [2.05, 4.69) is 29.3 Å². The van der Waals surface area contributed by atoms with Crippen LogP contribution in [0.2, 0.25) is 0 Å². The molecular formula is C22H24N4O4. The van der Waals surface area contributed by atoms with Gasteiger partial charge >= 0.3 is 5.97 Å². The van der Waals surface area contributed by atoms with Gasteiger partial charge in [0.2, 0.25) is 5.69 Å². The molecule has 0 atom stereocenters. The van der Waals surface area contributed by atoms with Gasteiger partial charge in [-0.2, -0.15) is 0 Å². The first kappa shape index (κ1) is 20.0. The average Bonchev–Trinajstić information content (AvgIpc) is 3.24. The molecule has 1 aliphatic rings. The maximum Gasteiger partial charge on any atom is 0.361 e. The lowest BCUT2D eigenvalue weighted by Crippen LogP contribution is -2.15. The predicted octanol–water partition coefficient (Wildman–Crippen LogP) is 3.74. The molecule has 0 saturated heterocycles. The Morgan fingerprint density at radius 3 is 2.73 bits per heavy atom. The van der Waals surface area contributed by atoms with Crippen LogP contribution in [0.25, 0.3) is 5.69 Å². The Labute approximate surface area is 174 Å². The fourth-order valence-corrected chi connectivity index (χ4v) is 3.52. The van der Waals surface area contributed by atoms with E-state index < -0.39 is 5.97 Å².